The van der Waals surface area contributed by atoms with Gasteiger partial charge in [0.25, 0.3) is 0 Å². The number of benzene rings is 2. The summed E-state index contributed by atoms with van der Waals surface area (Å²) in [5.74, 6) is 0.756. The van der Waals surface area contributed by atoms with Gasteiger partial charge in [0.05, 0.1) is 0 Å². The molecule has 104 valence electrons. The molecule has 0 aliphatic rings. The van der Waals surface area contributed by atoms with Crippen LogP contribution in [-0.2, 0) is 12.8 Å². The van der Waals surface area contributed by atoms with E-state index in [-0.39, 0.29) is 5.78 Å². The van der Waals surface area contributed by atoms with Gasteiger partial charge in [-0.2, -0.15) is 0 Å². The largest absolute Gasteiger partial charge is 0.294 e. The van der Waals surface area contributed by atoms with Gasteiger partial charge in [0.2, 0.25) is 0 Å². The van der Waals surface area contributed by atoms with Crippen LogP contribution in [0.4, 0.5) is 0 Å². The molecule has 0 unspecified atom stereocenters. The topological polar surface area (TPSA) is 17.1 Å². The summed E-state index contributed by atoms with van der Waals surface area (Å²) in [6.45, 7) is 4.39. The summed E-state index contributed by atoms with van der Waals surface area (Å²) in [5.41, 5.74) is 2.99. The molecule has 0 bridgehead atoms. The summed E-state index contributed by atoms with van der Waals surface area (Å²) in [7, 11) is 0. The van der Waals surface area contributed by atoms with Crippen LogP contribution in [0.3, 0.4) is 0 Å². The van der Waals surface area contributed by atoms with Gasteiger partial charge in [-0.3, -0.25) is 4.79 Å². The maximum Gasteiger partial charge on any atom is 0.167 e. The average Bonchev–Trinajstić information content (AvgIpc) is 2.38. The van der Waals surface area contributed by atoms with E-state index in [0.717, 1.165) is 17.5 Å². The van der Waals surface area contributed by atoms with Crippen molar-refractivity contribution in [1.29, 1.82) is 0 Å². The highest BCUT2D eigenvalue weighted by molar-refractivity contribution is 6.30. The Morgan fingerprint density at radius 1 is 1.05 bits per heavy atom. The number of rotatable bonds is 5. The molecule has 0 saturated heterocycles. The minimum atomic E-state index is 0.128. The number of ketones is 1. The second-order valence-corrected chi connectivity index (χ2v) is 5.96. The number of carbonyl (C=O) groups is 1. The maximum absolute atomic E-state index is 12.2. The Morgan fingerprint density at radius 2 is 1.75 bits per heavy atom. The molecule has 2 aromatic rings. The molecular formula is C18H19ClO. The Hall–Kier alpha value is -1.60. The zero-order valence-electron chi connectivity index (χ0n) is 11.9. The van der Waals surface area contributed by atoms with Crippen molar-refractivity contribution in [3.05, 3.63) is 70.2 Å². The van der Waals surface area contributed by atoms with E-state index in [4.69, 9.17) is 11.6 Å². The predicted molar refractivity (Wildman–Crippen MR) is 84.5 cm³/mol. The smallest absolute Gasteiger partial charge is 0.167 e. The number of hydrogen-bond donors (Lipinski definition) is 0. The van der Waals surface area contributed by atoms with Crippen molar-refractivity contribution in [2.45, 2.75) is 26.7 Å². The van der Waals surface area contributed by atoms with E-state index in [2.05, 4.69) is 13.8 Å². The van der Waals surface area contributed by atoms with Crippen molar-refractivity contribution in [1.82, 2.24) is 0 Å². The zero-order chi connectivity index (χ0) is 14.5. The molecule has 0 aliphatic carbocycles. The van der Waals surface area contributed by atoms with Gasteiger partial charge >= 0.3 is 0 Å². The van der Waals surface area contributed by atoms with Crippen LogP contribution < -0.4 is 0 Å². The van der Waals surface area contributed by atoms with E-state index < -0.39 is 0 Å². The Kier molecular flexibility index (Phi) is 4.97. The standard InChI is InChI=1S/C18H19ClO/c1-13(2)10-14-6-8-16(9-7-14)18(20)12-15-4-3-5-17(19)11-15/h3-9,11,13H,10,12H2,1-2H3. The van der Waals surface area contributed by atoms with E-state index in [1.807, 2.05) is 48.5 Å². The Morgan fingerprint density at radius 3 is 2.35 bits per heavy atom. The number of halogens is 1. The summed E-state index contributed by atoms with van der Waals surface area (Å²) in [5, 5.41) is 0.669. The molecular weight excluding hydrogens is 268 g/mol. The van der Waals surface area contributed by atoms with Crippen LogP contribution in [0.5, 0.6) is 0 Å². The monoisotopic (exact) mass is 286 g/mol. The lowest BCUT2D eigenvalue weighted by Gasteiger charge is -2.06. The maximum atomic E-state index is 12.2. The van der Waals surface area contributed by atoms with Crippen LogP contribution in [0.1, 0.15) is 35.3 Å². The molecule has 0 fully saturated rings. The van der Waals surface area contributed by atoms with Gasteiger partial charge in [0, 0.05) is 17.0 Å². The Bertz CT molecular complexity index is 585. The van der Waals surface area contributed by atoms with Crippen LogP contribution in [0.15, 0.2) is 48.5 Å². The van der Waals surface area contributed by atoms with Gasteiger partial charge < -0.3 is 0 Å². The average molecular weight is 287 g/mol. The lowest BCUT2D eigenvalue weighted by atomic mass is 9.98. The van der Waals surface area contributed by atoms with Crippen LogP contribution in [-0.4, -0.2) is 5.78 Å². The summed E-state index contributed by atoms with van der Waals surface area (Å²) >= 11 is 5.93. The van der Waals surface area contributed by atoms with Gasteiger partial charge in [0.1, 0.15) is 0 Å². The predicted octanol–water partition coefficient (Wildman–Crippen LogP) is 4.96. The lowest BCUT2D eigenvalue weighted by molar-refractivity contribution is 0.0993. The number of Topliss-reactive ketones (excluding diaryl/α,β-unsaturated/α-hetero) is 1. The second kappa shape index (κ2) is 6.71. The van der Waals surface area contributed by atoms with Crippen molar-refractivity contribution < 1.29 is 4.79 Å². The molecule has 2 heteroatoms. The van der Waals surface area contributed by atoms with Crippen LogP contribution in [0.25, 0.3) is 0 Å². The second-order valence-electron chi connectivity index (χ2n) is 5.52. The van der Waals surface area contributed by atoms with E-state index in [1.165, 1.54) is 5.56 Å². The first-order valence-corrected chi connectivity index (χ1v) is 7.29. The molecule has 2 rings (SSSR count). The number of hydrogen-bond acceptors (Lipinski definition) is 1. The first-order chi connectivity index (χ1) is 9.54. The third-order valence-corrected chi connectivity index (χ3v) is 3.41. The Labute approximate surface area is 125 Å². The highest BCUT2D eigenvalue weighted by atomic mass is 35.5. The third kappa shape index (κ3) is 4.21. The summed E-state index contributed by atoms with van der Waals surface area (Å²) in [6, 6.07) is 15.4. The molecule has 0 spiro atoms. The first kappa shape index (κ1) is 14.8. The third-order valence-electron chi connectivity index (χ3n) is 3.17. The molecule has 1 nitrogen and oxygen atoms in total. The molecule has 0 saturated carbocycles. The van der Waals surface area contributed by atoms with Crippen molar-refractivity contribution in [3.8, 4) is 0 Å². The van der Waals surface area contributed by atoms with Crippen molar-refractivity contribution in [2.24, 2.45) is 5.92 Å². The van der Waals surface area contributed by atoms with Crippen molar-refractivity contribution in [3.63, 3.8) is 0 Å². The van der Waals surface area contributed by atoms with Crippen molar-refractivity contribution in [2.75, 3.05) is 0 Å². The molecule has 0 aromatic heterocycles. The fraction of sp³-hybridized carbons (Fsp3) is 0.278. The summed E-state index contributed by atoms with van der Waals surface area (Å²) in [6.07, 6.45) is 1.44. The normalized spacial score (nSPS) is 10.8. The fourth-order valence-corrected chi connectivity index (χ4v) is 2.45. The molecule has 0 heterocycles. The van der Waals surface area contributed by atoms with Gasteiger partial charge in [-0.05, 0) is 35.6 Å². The molecule has 0 amide bonds. The highest BCUT2D eigenvalue weighted by Crippen LogP contribution is 2.15. The van der Waals surface area contributed by atoms with Crippen LogP contribution in [0.2, 0.25) is 5.02 Å². The van der Waals surface area contributed by atoms with E-state index >= 15 is 0 Å². The minimum absolute atomic E-state index is 0.128. The van der Waals surface area contributed by atoms with E-state index in [1.54, 1.807) is 0 Å². The first-order valence-electron chi connectivity index (χ1n) is 6.91. The van der Waals surface area contributed by atoms with E-state index in [0.29, 0.717) is 17.4 Å². The molecule has 0 N–H and O–H groups in total. The SMILES string of the molecule is CC(C)Cc1ccc(C(=O)Cc2cccc(Cl)c2)cc1. The molecule has 0 atom stereocenters. The highest BCUT2D eigenvalue weighted by Gasteiger charge is 2.08. The molecule has 0 aliphatic heterocycles. The van der Waals surface area contributed by atoms with Gasteiger partial charge in [-0.25, -0.2) is 0 Å². The summed E-state index contributed by atoms with van der Waals surface area (Å²) in [4.78, 5) is 12.2. The van der Waals surface area contributed by atoms with E-state index in [9.17, 15) is 4.79 Å². The van der Waals surface area contributed by atoms with Crippen molar-refractivity contribution >= 4 is 17.4 Å². The van der Waals surface area contributed by atoms with Crippen LogP contribution >= 0.6 is 11.6 Å². The minimum Gasteiger partial charge on any atom is -0.294 e. The Balaban J connectivity index is 2.06. The zero-order valence-corrected chi connectivity index (χ0v) is 12.7. The van der Waals surface area contributed by atoms with Gasteiger partial charge in [0.15, 0.2) is 5.78 Å². The fourth-order valence-electron chi connectivity index (χ4n) is 2.23. The molecule has 0 radical (unpaired) electrons. The lowest BCUT2D eigenvalue weighted by Crippen LogP contribution is -2.04. The quantitative estimate of drug-likeness (QED) is 0.710. The van der Waals surface area contributed by atoms with Crippen LogP contribution in [0, 0.1) is 5.92 Å². The molecule has 20 heavy (non-hydrogen) atoms. The summed E-state index contributed by atoms with van der Waals surface area (Å²) < 4.78 is 0. The number of carbonyl (C=O) groups excluding carboxylic acids is 1. The van der Waals surface area contributed by atoms with Gasteiger partial charge in [-0.1, -0.05) is 61.8 Å². The molecule has 2 aromatic carbocycles. The van der Waals surface area contributed by atoms with Gasteiger partial charge in [-0.15, -0.1) is 0 Å².